The van der Waals surface area contributed by atoms with E-state index in [9.17, 15) is 0 Å². The molecule has 0 amide bonds. The van der Waals surface area contributed by atoms with Crippen molar-refractivity contribution < 1.29 is 9.47 Å². The van der Waals surface area contributed by atoms with Gasteiger partial charge in [0, 0.05) is 5.92 Å². The molecule has 1 aliphatic rings. The van der Waals surface area contributed by atoms with Gasteiger partial charge in [0.05, 0.1) is 19.1 Å². The van der Waals surface area contributed by atoms with Gasteiger partial charge in [0.25, 0.3) is 0 Å². The molecule has 2 aromatic rings. The Hall–Kier alpha value is -2.47. The molecule has 0 radical (unpaired) electrons. The standard InChI is InChI=1S/C20H21NO2/c1-13-8-16(19-10-17(19)11-21)9-14(2)20(13)23-12-15-4-6-18(22-3)7-5-15/h4-9,17,19H,10,12H2,1-3H3. The van der Waals surface area contributed by atoms with Crippen molar-refractivity contribution in [1.82, 2.24) is 0 Å². The zero-order valence-corrected chi connectivity index (χ0v) is 13.8. The van der Waals surface area contributed by atoms with E-state index in [0.717, 1.165) is 34.6 Å². The lowest BCUT2D eigenvalue weighted by atomic mass is 10.0. The highest BCUT2D eigenvalue weighted by molar-refractivity contribution is 5.46. The molecule has 3 rings (SSSR count). The maximum atomic E-state index is 8.99. The number of nitrogens with zero attached hydrogens (tertiary/aromatic N) is 1. The Labute approximate surface area is 137 Å². The van der Waals surface area contributed by atoms with Crippen LogP contribution in [0.5, 0.6) is 11.5 Å². The summed E-state index contributed by atoms with van der Waals surface area (Å²) in [5.41, 5.74) is 4.65. The second-order valence-electron chi connectivity index (χ2n) is 6.20. The molecule has 1 aliphatic carbocycles. The highest BCUT2D eigenvalue weighted by Crippen LogP contribution is 2.48. The number of aryl methyl sites for hydroxylation is 2. The molecular weight excluding hydrogens is 286 g/mol. The summed E-state index contributed by atoms with van der Waals surface area (Å²) < 4.78 is 11.2. The zero-order chi connectivity index (χ0) is 16.4. The van der Waals surface area contributed by atoms with Gasteiger partial charge in [0.15, 0.2) is 0 Å². The van der Waals surface area contributed by atoms with Gasteiger partial charge < -0.3 is 9.47 Å². The lowest BCUT2D eigenvalue weighted by Crippen LogP contribution is -2.00. The van der Waals surface area contributed by atoms with E-state index in [1.165, 1.54) is 5.56 Å². The molecule has 23 heavy (non-hydrogen) atoms. The van der Waals surface area contributed by atoms with E-state index in [1.807, 2.05) is 24.3 Å². The Balaban J connectivity index is 1.71. The van der Waals surface area contributed by atoms with E-state index >= 15 is 0 Å². The van der Waals surface area contributed by atoms with E-state index in [0.29, 0.717) is 12.5 Å². The normalized spacial score (nSPS) is 19.0. The van der Waals surface area contributed by atoms with Crippen LogP contribution in [-0.2, 0) is 6.61 Å². The van der Waals surface area contributed by atoms with Crippen molar-refractivity contribution in [2.75, 3.05) is 7.11 Å². The van der Waals surface area contributed by atoms with Gasteiger partial charge in [-0.15, -0.1) is 0 Å². The Morgan fingerprint density at radius 3 is 2.30 bits per heavy atom. The summed E-state index contributed by atoms with van der Waals surface area (Å²) in [5.74, 6) is 2.40. The Morgan fingerprint density at radius 1 is 1.13 bits per heavy atom. The molecule has 2 unspecified atom stereocenters. The number of nitriles is 1. The maximum Gasteiger partial charge on any atom is 0.125 e. The second-order valence-corrected chi connectivity index (χ2v) is 6.20. The monoisotopic (exact) mass is 307 g/mol. The summed E-state index contributed by atoms with van der Waals surface area (Å²) in [6.07, 6.45) is 0.988. The lowest BCUT2D eigenvalue weighted by molar-refractivity contribution is 0.301. The highest BCUT2D eigenvalue weighted by atomic mass is 16.5. The largest absolute Gasteiger partial charge is 0.497 e. The number of methoxy groups -OCH3 is 1. The van der Waals surface area contributed by atoms with Crippen LogP contribution in [0.25, 0.3) is 0 Å². The van der Waals surface area contributed by atoms with Crippen LogP contribution >= 0.6 is 0 Å². The third-order valence-electron chi connectivity index (χ3n) is 4.41. The van der Waals surface area contributed by atoms with Crippen molar-refractivity contribution in [3.8, 4) is 17.6 Å². The molecule has 2 aromatic carbocycles. The third kappa shape index (κ3) is 3.32. The first-order chi connectivity index (χ1) is 11.1. The minimum atomic E-state index is 0.194. The van der Waals surface area contributed by atoms with Gasteiger partial charge in [0.1, 0.15) is 18.1 Å². The molecule has 3 nitrogen and oxygen atoms in total. The number of rotatable bonds is 5. The van der Waals surface area contributed by atoms with Crippen molar-refractivity contribution in [1.29, 1.82) is 5.26 Å². The number of hydrogen-bond donors (Lipinski definition) is 0. The summed E-state index contributed by atoms with van der Waals surface area (Å²) in [5, 5.41) is 8.99. The van der Waals surface area contributed by atoms with Crippen LogP contribution in [0.15, 0.2) is 36.4 Å². The molecule has 0 heterocycles. The van der Waals surface area contributed by atoms with Crippen molar-refractivity contribution >= 4 is 0 Å². The van der Waals surface area contributed by atoms with Crippen LogP contribution in [0.1, 0.15) is 34.6 Å². The van der Waals surface area contributed by atoms with Gasteiger partial charge >= 0.3 is 0 Å². The Kier molecular flexibility index (Phi) is 4.25. The van der Waals surface area contributed by atoms with E-state index in [1.54, 1.807) is 7.11 Å². The van der Waals surface area contributed by atoms with Gasteiger partial charge in [-0.3, -0.25) is 0 Å². The van der Waals surface area contributed by atoms with Crippen molar-refractivity contribution in [2.45, 2.75) is 32.8 Å². The SMILES string of the molecule is COc1ccc(COc2c(C)cc(C3CC3C#N)cc2C)cc1. The average Bonchev–Trinajstić information content (AvgIpc) is 3.34. The van der Waals surface area contributed by atoms with Gasteiger partial charge in [0.2, 0.25) is 0 Å². The van der Waals surface area contributed by atoms with E-state index < -0.39 is 0 Å². The molecule has 1 fully saturated rings. The van der Waals surface area contributed by atoms with Gasteiger partial charge in [-0.05, 0) is 54.7 Å². The van der Waals surface area contributed by atoms with Gasteiger partial charge in [-0.2, -0.15) is 5.26 Å². The summed E-state index contributed by atoms with van der Waals surface area (Å²) >= 11 is 0. The number of benzene rings is 2. The predicted octanol–water partition coefficient (Wildman–Crippen LogP) is 4.52. The van der Waals surface area contributed by atoms with E-state index in [2.05, 4.69) is 32.0 Å². The topological polar surface area (TPSA) is 42.2 Å². The average molecular weight is 307 g/mol. The third-order valence-corrected chi connectivity index (χ3v) is 4.41. The molecule has 0 aromatic heterocycles. The first-order valence-corrected chi connectivity index (χ1v) is 7.89. The van der Waals surface area contributed by atoms with Crippen LogP contribution in [0.4, 0.5) is 0 Å². The predicted molar refractivity (Wildman–Crippen MR) is 89.7 cm³/mol. The van der Waals surface area contributed by atoms with Crippen LogP contribution in [0.3, 0.4) is 0 Å². The molecule has 1 saturated carbocycles. The molecule has 0 aliphatic heterocycles. The summed E-state index contributed by atoms with van der Waals surface area (Å²) in [7, 11) is 1.66. The molecule has 2 atom stereocenters. The smallest absolute Gasteiger partial charge is 0.125 e. The van der Waals surface area contributed by atoms with Crippen LogP contribution in [-0.4, -0.2) is 7.11 Å². The quantitative estimate of drug-likeness (QED) is 0.815. The maximum absolute atomic E-state index is 8.99. The fraction of sp³-hybridized carbons (Fsp3) is 0.350. The molecule has 0 bridgehead atoms. The molecule has 3 heteroatoms. The Morgan fingerprint density at radius 2 is 1.78 bits per heavy atom. The highest BCUT2D eigenvalue weighted by Gasteiger charge is 2.38. The fourth-order valence-electron chi connectivity index (χ4n) is 3.01. The molecule has 118 valence electrons. The molecule has 0 spiro atoms. The molecular formula is C20H21NO2. The van der Waals surface area contributed by atoms with Gasteiger partial charge in [-0.1, -0.05) is 24.3 Å². The van der Waals surface area contributed by atoms with Crippen molar-refractivity contribution in [3.05, 3.63) is 58.7 Å². The fourth-order valence-corrected chi connectivity index (χ4v) is 3.01. The summed E-state index contributed by atoms with van der Waals surface area (Å²) in [6.45, 7) is 4.68. The molecule has 0 N–H and O–H groups in total. The summed E-state index contributed by atoms with van der Waals surface area (Å²) in [6, 6.07) is 14.6. The Bertz CT molecular complexity index is 720. The minimum Gasteiger partial charge on any atom is -0.497 e. The lowest BCUT2D eigenvalue weighted by Gasteiger charge is -2.14. The van der Waals surface area contributed by atoms with Crippen LogP contribution in [0, 0.1) is 31.1 Å². The van der Waals surface area contributed by atoms with Crippen LogP contribution in [0.2, 0.25) is 0 Å². The molecule has 0 saturated heterocycles. The van der Waals surface area contributed by atoms with Crippen molar-refractivity contribution in [3.63, 3.8) is 0 Å². The van der Waals surface area contributed by atoms with Crippen LogP contribution < -0.4 is 9.47 Å². The van der Waals surface area contributed by atoms with E-state index in [4.69, 9.17) is 14.7 Å². The second kappa shape index (κ2) is 6.34. The zero-order valence-electron chi connectivity index (χ0n) is 13.8. The van der Waals surface area contributed by atoms with Gasteiger partial charge in [-0.25, -0.2) is 0 Å². The number of ether oxygens (including phenoxy) is 2. The van der Waals surface area contributed by atoms with E-state index in [-0.39, 0.29) is 5.92 Å². The number of hydrogen-bond acceptors (Lipinski definition) is 3. The summed E-state index contributed by atoms with van der Waals surface area (Å²) in [4.78, 5) is 0. The minimum absolute atomic E-state index is 0.194. The first kappa shape index (κ1) is 15.4. The van der Waals surface area contributed by atoms with Crippen molar-refractivity contribution in [2.24, 2.45) is 5.92 Å². The first-order valence-electron chi connectivity index (χ1n) is 7.89.